The third-order valence-corrected chi connectivity index (χ3v) is 3.38. The van der Waals surface area contributed by atoms with Crippen LogP contribution in [0.2, 0.25) is 10.0 Å². The summed E-state index contributed by atoms with van der Waals surface area (Å²) in [7, 11) is 1.72. The van der Waals surface area contributed by atoms with Crippen LogP contribution in [0.5, 0.6) is 0 Å². The average Bonchev–Trinajstić information content (AvgIpc) is 2.68. The smallest absolute Gasteiger partial charge is 0.307 e. The molecule has 1 aromatic carbocycles. The number of nitrogens with zero attached hydrogens (tertiary/aromatic N) is 1. The Morgan fingerprint density at radius 1 is 1.42 bits per heavy atom. The fraction of sp³-hybridized carbons (Fsp3) is 0.333. The molecule has 0 radical (unpaired) electrons. The molecule has 2 rings (SSSR count). The van der Waals surface area contributed by atoms with E-state index in [1.165, 1.54) is 0 Å². The van der Waals surface area contributed by atoms with Crippen LogP contribution in [0.1, 0.15) is 11.3 Å². The molecule has 0 fully saturated rings. The van der Waals surface area contributed by atoms with Gasteiger partial charge in [0.2, 0.25) is 0 Å². The van der Waals surface area contributed by atoms with E-state index in [1.807, 2.05) is 12.1 Å². The van der Waals surface area contributed by atoms with Crippen molar-refractivity contribution in [3.63, 3.8) is 0 Å². The van der Waals surface area contributed by atoms with Crippen molar-refractivity contribution in [2.24, 2.45) is 7.05 Å². The summed E-state index contributed by atoms with van der Waals surface area (Å²) in [5.41, 5.74) is 1.20. The Hall–Kier alpha value is -1.30. The number of rotatable bonds is 5. The standard InChI is InChI=1S/C12H13Cl2N3O2/c1-17-11(12(18)19-16-17)7-15-5-4-8-2-3-9(13)6-10(8)14/h2-3,6,15H,4-5,7H2,1H3/p+1. The molecule has 0 amide bonds. The Bertz CT molecular complexity index is 622. The van der Waals surface area contributed by atoms with Gasteiger partial charge >= 0.3 is 11.3 Å². The minimum absolute atomic E-state index is 0.362. The zero-order chi connectivity index (χ0) is 13.8. The van der Waals surface area contributed by atoms with Crippen LogP contribution in [0.25, 0.3) is 0 Å². The molecule has 2 aromatic rings. The molecule has 19 heavy (non-hydrogen) atoms. The Morgan fingerprint density at radius 2 is 2.21 bits per heavy atom. The van der Waals surface area contributed by atoms with Gasteiger partial charge in [-0.05, 0) is 35.9 Å². The van der Waals surface area contributed by atoms with Crippen LogP contribution in [0.3, 0.4) is 0 Å². The van der Waals surface area contributed by atoms with Gasteiger partial charge < -0.3 is 5.32 Å². The van der Waals surface area contributed by atoms with Gasteiger partial charge in [-0.15, -0.1) is 0 Å². The van der Waals surface area contributed by atoms with Gasteiger partial charge in [-0.3, -0.25) is 4.52 Å². The number of hydrogen-bond acceptors (Lipinski definition) is 3. The zero-order valence-corrected chi connectivity index (χ0v) is 11.9. The molecule has 0 atom stereocenters. The van der Waals surface area contributed by atoms with Gasteiger partial charge in [0, 0.05) is 10.0 Å². The fourth-order valence-corrected chi connectivity index (χ4v) is 2.21. The number of hydrogen-bond donors (Lipinski definition) is 2. The van der Waals surface area contributed by atoms with Crippen molar-refractivity contribution >= 4 is 23.2 Å². The van der Waals surface area contributed by atoms with E-state index in [9.17, 15) is 4.79 Å². The first kappa shape index (κ1) is 14.1. The summed E-state index contributed by atoms with van der Waals surface area (Å²) in [6.45, 7) is 1.14. The van der Waals surface area contributed by atoms with Gasteiger partial charge in [0.25, 0.3) is 0 Å². The normalized spacial score (nSPS) is 10.9. The highest BCUT2D eigenvalue weighted by Crippen LogP contribution is 2.20. The molecule has 0 aliphatic carbocycles. The van der Waals surface area contributed by atoms with E-state index in [1.54, 1.807) is 17.8 Å². The summed E-state index contributed by atoms with van der Waals surface area (Å²) in [5.74, 6) is 0. The number of benzene rings is 1. The number of aromatic amines is 1. The molecule has 0 aliphatic heterocycles. The van der Waals surface area contributed by atoms with Crippen LogP contribution >= 0.6 is 23.2 Å². The van der Waals surface area contributed by atoms with Crippen LogP contribution in [0, 0.1) is 0 Å². The summed E-state index contributed by atoms with van der Waals surface area (Å²) < 4.78 is 6.20. The second-order valence-corrected chi connectivity index (χ2v) is 4.99. The van der Waals surface area contributed by atoms with Crippen molar-refractivity contribution in [3.8, 4) is 0 Å². The minimum atomic E-state index is -0.362. The summed E-state index contributed by atoms with van der Waals surface area (Å²) in [6, 6.07) is 5.43. The topological polar surface area (TPSA) is 61.9 Å². The third-order valence-electron chi connectivity index (χ3n) is 2.79. The predicted octanol–water partition coefficient (Wildman–Crippen LogP) is 1.43. The summed E-state index contributed by atoms with van der Waals surface area (Å²) in [4.78, 5) is 11.3. The van der Waals surface area contributed by atoms with E-state index in [2.05, 4.69) is 15.1 Å². The molecule has 0 aliphatic rings. The maximum absolute atomic E-state index is 11.3. The monoisotopic (exact) mass is 302 g/mol. The first-order valence-electron chi connectivity index (χ1n) is 5.79. The molecule has 0 spiro atoms. The lowest BCUT2D eigenvalue weighted by Crippen LogP contribution is -2.39. The van der Waals surface area contributed by atoms with Crippen molar-refractivity contribution in [1.29, 1.82) is 0 Å². The fourth-order valence-electron chi connectivity index (χ4n) is 1.71. The molecule has 0 saturated carbocycles. The lowest BCUT2D eigenvalue weighted by atomic mass is 10.1. The molecule has 102 valence electrons. The van der Waals surface area contributed by atoms with Gasteiger partial charge in [-0.25, -0.2) is 4.79 Å². The molecule has 0 unspecified atom stereocenters. The van der Waals surface area contributed by atoms with Crippen LogP contribution < -0.4 is 15.6 Å². The first-order valence-corrected chi connectivity index (χ1v) is 6.54. The predicted molar refractivity (Wildman–Crippen MR) is 72.4 cm³/mol. The highest BCUT2D eigenvalue weighted by Gasteiger charge is 2.15. The molecule has 5 nitrogen and oxygen atoms in total. The van der Waals surface area contributed by atoms with E-state index in [-0.39, 0.29) is 5.63 Å². The second kappa shape index (κ2) is 6.23. The number of H-pyrrole nitrogens is 1. The Kier molecular flexibility index (Phi) is 4.63. The lowest BCUT2D eigenvalue weighted by Gasteiger charge is -2.04. The molecule has 2 N–H and O–H groups in total. The summed E-state index contributed by atoms with van der Waals surface area (Å²) in [5, 5.41) is 6.91. The first-order chi connectivity index (χ1) is 9.08. The average molecular weight is 303 g/mol. The molecule has 7 heteroatoms. The Labute approximate surface area is 120 Å². The van der Waals surface area contributed by atoms with E-state index in [0.29, 0.717) is 28.8 Å². The molecular formula is C12H14Cl2N3O2+. The van der Waals surface area contributed by atoms with Gasteiger partial charge in [0.1, 0.15) is 0 Å². The molecule has 1 aromatic heterocycles. The van der Waals surface area contributed by atoms with Crippen molar-refractivity contribution < 1.29 is 9.20 Å². The number of halogens is 2. The lowest BCUT2D eigenvalue weighted by molar-refractivity contribution is -0.746. The van der Waals surface area contributed by atoms with Crippen molar-refractivity contribution in [2.75, 3.05) is 6.54 Å². The summed E-state index contributed by atoms with van der Waals surface area (Å²) >= 11 is 11.9. The Balaban J connectivity index is 1.86. The quantitative estimate of drug-likeness (QED) is 0.649. The van der Waals surface area contributed by atoms with Gasteiger partial charge in [-0.1, -0.05) is 34.0 Å². The van der Waals surface area contributed by atoms with Crippen molar-refractivity contribution in [3.05, 3.63) is 49.9 Å². The number of aromatic nitrogens is 2. The van der Waals surface area contributed by atoms with Gasteiger partial charge in [0.05, 0.1) is 6.54 Å². The molecule has 1 heterocycles. The van der Waals surface area contributed by atoms with Gasteiger partial charge in [0.15, 0.2) is 7.05 Å². The zero-order valence-electron chi connectivity index (χ0n) is 10.4. The van der Waals surface area contributed by atoms with Crippen LogP contribution in [-0.2, 0) is 20.0 Å². The highest BCUT2D eigenvalue weighted by atomic mass is 35.5. The number of nitrogens with one attached hydrogen (secondary N) is 2. The second-order valence-electron chi connectivity index (χ2n) is 4.15. The van der Waals surface area contributed by atoms with E-state index in [4.69, 9.17) is 23.2 Å². The Morgan fingerprint density at radius 3 is 2.84 bits per heavy atom. The number of aryl methyl sites for hydroxylation is 1. The summed E-state index contributed by atoms with van der Waals surface area (Å²) in [6.07, 6.45) is 0.759. The van der Waals surface area contributed by atoms with Crippen LogP contribution in [-0.4, -0.2) is 11.8 Å². The SMILES string of the molecule is C[n+]1[nH]oc(=O)c1CNCCc1ccc(Cl)cc1Cl. The maximum Gasteiger partial charge on any atom is 0.431 e. The van der Waals surface area contributed by atoms with E-state index in [0.717, 1.165) is 12.0 Å². The third kappa shape index (κ3) is 3.59. The van der Waals surface area contributed by atoms with Crippen LogP contribution in [0.15, 0.2) is 27.5 Å². The molecular weight excluding hydrogens is 289 g/mol. The molecule has 0 saturated heterocycles. The largest absolute Gasteiger partial charge is 0.431 e. The highest BCUT2D eigenvalue weighted by molar-refractivity contribution is 6.35. The van der Waals surface area contributed by atoms with E-state index < -0.39 is 0 Å². The van der Waals surface area contributed by atoms with Crippen LogP contribution in [0.4, 0.5) is 0 Å². The van der Waals surface area contributed by atoms with Gasteiger partial charge in [-0.2, -0.15) is 0 Å². The minimum Gasteiger partial charge on any atom is -0.307 e. The van der Waals surface area contributed by atoms with E-state index >= 15 is 0 Å². The molecule has 0 bridgehead atoms. The van der Waals surface area contributed by atoms with Crippen molar-refractivity contribution in [1.82, 2.24) is 10.6 Å². The van der Waals surface area contributed by atoms with Crippen molar-refractivity contribution in [2.45, 2.75) is 13.0 Å². The maximum atomic E-state index is 11.3.